The molecule has 5 nitrogen and oxygen atoms in total. The third-order valence-electron chi connectivity index (χ3n) is 6.56. The van der Waals surface area contributed by atoms with Crippen LogP contribution in [-0.4, -0.2) is 58.5 Å². The topological polar surface area (TPSA) is 41.4 Å². The molecule has 1 saturated heterocycles. The third-order valence-corrected chi connectivity index (χ3v) is 6.56. The molecule has 4 rings (SSSR count). The quantitative estimate of drug-likeness (QED) is 0.554. The highest BCUT2D eigenvalue weighted by atomic mass is 16.2. The number of benzene rings is 2. The molecule has 0 bridgehead atoms. The lowest BCUT2D eigenvalue weighted by atomic mass is 9.85. The van der Waals surface area contributed by atoms with Gasteiger partial charge in [0, 0.05) is 30.4 Å². The van der Waals surface area contributed by atoms with E-state index in [0.29, 0.717) is 6.04 Å². The van der Waals surface area contributed by atoms with Gasteiger partial charge >= 0.3 is 0 Å². The predicted octanol–water partition coefficient (Wildman–Crippen LogP) is 4.89. The molecule has 5 heteroatoms. The number of nitrogens with zero attached hydrogens (tertiary/aromatic N) is 4. The van der Waals surface area contributed by atoms with E-state index >= 15 is 0 Å². The van der Waals surface area contributed by atoms with Gasteiger partial charge in [-0.15, -0.1) is 0 Å². The molecule has 1 aliphatic heterocycles. The first-order valence-electron chi connectivity index (χ1n) is 11.4. The number of likely N-dealkylation sites (tertiary alicyclic amines) is 1. The predicted molar refractivity (Wildman–Crippen MR) is 132 cm³/mol. The molecule has 0 spiro atoms. The molecule has 0 radical (unpaired) electrons. The molecule has 1 amide bonds. The van der Waals surface area contributed by atoms with Crippen LogP contribution >= 0.6 is 0 Å². The van der Waals surface area contributed by atoms with Crippen LogP contribution in [0.15, 0.2) is 54.9 Å². The number of imidazole rings is 1. The molecule has 1 fully saturated rings. The summed E-state index contributed by atoms with van der Waals surface area (Å²) in [6.45, 7) is 8.69. The Morgan fingerprint density at radius 2 is 1.81 bits per heavy atom. The van der Waals surface area contributed by atoms with Crippen LogP contribution in [0, 0.1) is 0 Å². The largest absolute Gasteiger partial charge is 0.339 e. The van der Waals surface area contributed by atoms with Crippen LogP contribution in [0.4, 0.5) is 0 Å². The van der Waals surface area contributed by atoms with E-state index in [1.54, 1.807) is 6.08 Å². The number of piperidine rings is 1. The molecule has 0 saturated carbocycles. The smallest absolute Gasteiger partial charge is 0.246 e. The summed E-state index contributed by atoms with van der Waals surface area (Å²) in [5.74, 6) is 0.0552. The first-order valence-corrected chi connectivity index (χ1v) is 11.4. The molecule has 0 unspecified atom stereocenters. The van der Waals surface area contributed by atoms with Crippen molar-refractivity contribution >= 4 is 23.0 Å². The molecule has 2 aromatic carbocycles. The zero-order valence-corrected chi connectivity index (χ0v) is 19.9. The molecule has 0 N–H and O–H groups in total. The lowest BCUT2D eigenvalue weighted by molar-refractivity contribution is -0.127. The van der Waals surface area contributed by atoms with Crippen molar-refractivity contribution in [2.45, 2.75) is 45.1 Å². The molecule has 0 atom stereocenters. The molecule has 2 heterocycles. The summed E-state index contributed by atoms with van der Waals surface area (Å²) in [6.07, 6.45) is 7.61. The highest BCUT2D eigenvalue weighted by Crippen LogP contribution is 2.31. The summed E-state index contributed by atoms with van der Waals surface area (Å²) in [5, 5.41) is 0. The van der Waals surface area contributed by atoms with E-state index in [1.165, 1.54) is 5.56 Å². The van der Waals surface area contributed by atoms with Crippen LogP contribution in [0.1, 0.15) is 44.7 Å². The van der Waals surface area contributed by atoms with Gasteiger partial charge in [0.15, 0.2) is 0 Å². The Balaban J connectivity index is 1.71. The van der Waals surface area contributed by atoms with Crippen LogP contribution in [0.5, 0.6) is 0 Å². The maximum absolute atomic E-state index is 13.0. The number of rotatable bonds is 4. The minimum absolute atomic E-state index is 0.0117. The number of carbonyl (C=O) groups excluding carboxylic acids is 1. The fraction of sp³-hybridized carbons (Fsp3) is 0.407. The molecular formula is C27H34N4O. The van der Waals surface area contributed by atoms with E-state index in [0.717, 1.165) is 48.2 Å². The van der Waals surface area contributed by atoms with Gasteiger partial charge in [0.25, 0.3) is 0 Å². The lowest BCUT2D eigenvalue weighted by Crippen LogP contribution is -2.43. The zero-order chi connectivity index (χ0) is 22.9. The lowest BCUT2D eigenvalue weighted by Gasteiger charge is -2.34. The molecule has 1 aliphatic rings. The Bertz CT molecular complexity index is 1120. The second kappa shape index (κ2) is 8.91. The van der Waals surface area contributed by atoms with Crippen molar-refractivity contribution in [1.29, 1.82) is 0 Å². The molecule has 1 aromatic heterocycles. The van der Waals surface area contributed by atoms with Gasteiger partial charge in [-0.25, -0.2) is 4.98 Å². The van der Waals surface area contributed by atoms with E-state index in [9.17, 15) is 4.79 Å². The standard InChI is InChI=1S/C27H34N4O/c1-27(2,3)21-17-20(11-12-25(32)30(5)22-13-15-29(4)16-14-22)26-24(18-21)28-19-31(26)23-9-7-6-8-10-23/h6-12,17-19,22H,13-16H2,1-5H3/b12-11+. The Morgan fingerprint density at radius 1 is 1.12 bits per heavy atom. The fourth-order valence-corrected chi connectivity index (χ4v) is 4.36. The average molecular weight is 431 g/mol. The van der Waals surface area contributed by atoms with Gasteiger partial charge in [-0.05, 0) is 74.3 Å². The van der Waals surface area contributed by atoms with Crippen molar-refractivity contribution < 1.29 is 4.79 Å². The van der Waals surface area contributed by atoms with Crippen LogP contribution in [-0.2, 0) is 10.2 Å². The summed E-state index contributed by atoms with van der Waals surface area (Å²) in [5.41, 5.74) is 5.23. The third kappa shape index (κ3) is 4.63. The van der Waals surface area contributed by atoms with Crippen molar-refractivity contribution in [3.63, 3.8) is 0 Å². The number of aromatic nitrogens is 2. The van der Waals surface area contributed by atoms with Crippen molar-refractivity contribution in [1.82, 2.24) is 19.4 Å². The maximum Gasteiger partial charge on any atom is 0.246 e. The number of para-hydroxylation sites is 1. The normalized spacial score (nSPS) is 16.2. The van der Waals surface area contributed by atoms with Crippen LogP contribution < -0.4 is 0 Å². The van der Waals surface area contributed by atoms with Crippen molar-refractivity contribution in [2.24, 2.45) is 0 Å². The van der Waals surface area contributed by atoms with Crippen molar-refractivity contribution in [2.75, 3.05) is 27.2 Å². The van der Waals surface area contributed by atoms with E-state index < -0.39 is 0 Å². The van der Waals surface area contributed by atoms with Gasteiger partial charge in [-0.1, -0.05) is 39.0 Å². The fourth-order valence-electron chi connectivity index (χ4n) is 4.36. The number of hydrogen-bond donors (Lipinski definition) is 0. The van der Waals surface area contributed by atoms with Crippen molar-refractivity contribution in [3.05, 3.63) is 66.0 Å². The molecule has 0 aliphatic carbocycles. The highest BCUT2D eigenvalue weighted by Gasteiger charge is 2.23. The minimum Gasteiger partial charge on any atom is -0.339 e. The molecule has 3 aromatic rings. The van der Waals surface area contributed by atoms with E-state index in [2.05, 4.69) is 61.6 Å². The molecule has 32 heavy (non-hydrogen) atoms. The Kier molecular flexibility index (Phi) is 6.20. The van der Waals surface area contributed by atoms with Gasteiger partial charge in [0.2, 0.25) is 5.91 Å². The summed E-state index contributed by atoms with van der Waals surface area (Å²) < 4.78 is 2.10. The summed E-state index contributed by atoms with van der Waals surface area (Å²) in [7, 11) is 4.07. The molecule has 168 valence electrons. The maximum atomic E-state index is 13.0. The average Bonchev–Trinajstić information content (AvgIpc) is 3.21. The number of carbonyl (C=O) groups is 1. The minimum atomic E-state index is -0.0117. The number of likely N-dealkylation sites (N-methyl/N-ethyl adjacent to an activating group) is 1. The van der Waals surface area contributed by atoms with Gasteiger partial charge < -0.3 is 9.80 Å². The van der Waals surface area contributed by atoms with Crippen LogP contribution in [0.25, 0.3) is 22.8 Å². The SMILES string of the molecule is CN1CCC(N(C)C(=O)/C=C/c2cc(C(C)(C)C)cc3ncn(-c4ccccc4)c23)CC1. The summed E-state index contributed by atoms with van der Waals surface area (Å²) in [4.78, 5) is 21.9. The van der Waals surface area contributed by atoms with E-state index in [-0.39, 0.29) is 11.3 Å². The van der Waals surface area contributed by atoms with Crippen LogP contribution in [0.2, 0.25) is 0 Å². The Hall–Kier alpha value is -2.92. The molecular weight excluding hydrogens is 396 g/mol. The number of hydrogen-bond acceptors (Lipinski definition) is 3. The van der Waals surface area contributed by atoms with Gasteiger partial charge in [-0.3, -0.25) is 9.36 Å². The second-order valence-corrected chi connectivity index (χ2v) is 9.95. The highest BCUT2D eigenvalue weighted by molar-refractivity contribution is 5.95. The zero-order valence-electron chi connectivity index (χ0n) is 19.9. The second-order valence-electron chi connectivity index (χ2n) is 9.95. The summed E-state index contributed by atoms with van der Waals surface area (Å²) in [6, 6.07) is 14.9. The van der Waals surface area contributed by atoms with E-state index in [1.807, 2.05) is 42.6 Å². The number of fused-ring (bicyclic) bond motifs is 1. The summed E-state index contributed by atoms with van der Waals surface area (Å²) >= 11 is 0. The number of amides is 1. The monoisotopic (exact) mass is 430 g/mol. The Morgan fingerprint density at radius 3 is 2.47 bits per heavy atom. The van der Waals surface area contributed by atoms with Crippen LogP contribution in [0.3, 0.4) is 0 Å². The van der Waals surface area contributed by atoms with Gasteiger partial charge in [0.1, 0.15) is 6.33 Å². The van der Waals surface area contributed by atoms with Gasteiger partial charge in [0.05, 0.1) is 11.0 Å². The van der Waals surface area contributed by atoms with Gasteiger partial charge in [-0.2, -0.15) is 0 Å². The van der Waals surface area contributed by atoms with E-state index in [4.69, 9.17) is 4.98 Å². The van der Waals surface area contributed by atoms with Crippen molar-refractivity contribution in [3.8, 4) is 5.69 Å². The first-order chi connectivity index (χ1) is 15.2. The first kappa shape index (κ1) is 22.3. The Labute approximate surface area is 191 Å².